The number of anilines is 1. The van der Waals surface area contributed by atoms with Gasteiger partial charge in [-0.05, 0) is 43.5 Å². The number of benzene rings is 2. The van der Waals surface area contributed by atoms with Crippen molar-refractivity contribution in [1.82, 2.24) is 15.6 Å². The highest BCUT2D eigenvalue weighted by Gasteiger charge is 2.32. The van der Waals surface area contributed by atoms with Gasteiger partial charge in [0.25, 0.3) is 11.8 Å². The SMILES string of the molecule is CC1N=C(C(=O)NC2CCN(Cc3cccc(C(F)(F)F)c3)CC2)NN(c2ccccc2)C1=O. The molecular weight excluding hydrogens is 447 g/mol. The molecule has 0 spiro atoms. The van der Waals surface area contributed by atoms with Crippen molar-refractivity contribution in [2.75, 3.05) is 18.1 Å². The number of hydrogen-bond acceptors (Lipinski definition) is 5. The number of amides is 2. The Kier molecular flexibility index (Phi) is 6.87. The van der Waals surface area contributed by atoms with Gasteiger partial charge in [-0.25, -0.2) is 10.0 Å². The van der Waals surface area contributed by atoms with Crippen LogP contribution >= 0.6 is 0 Å². The minimum absolute atomic E-state index is 0.0716. The number of rotatable bonds is 5. The van der Waals surface area contributed by atoms with Gasteiger partial charge in [-0.3, -0.25) is 19.9 Å². The van der Waals surface area contributed by atoms with Crippen molar-refractivity contribution in [1.29, 1.82) is 0 Å². The minimum Gasteiger partial charge on any atom is -0.347 e. The van der Waals surface area contributed by atoms with Gasteiger partial charge in [0.2, 0.25) is 5.84 Å². The standard InChI is InChI=1S/C24H26F3N5O2/c1-16-23(34)32(20-8-3-2-4-9-20)30-21(28-16)22(33)29-19-10-12-31(13-11-19)15-17-6-5-7-18(14-17)24(25,26)27/h2-9,14,16,19H,10-13,15H2,1H3,(H,28,30)(H,29,33). The summed E-state index contributed by atoms with van der Waals surface area (Å²) in [6.45, 7) is 3.35. The van der Waals surface area contributed by atoms with E-state index in [4.69, 9.17) is 0 Å². The molecule has 180 valence electrons. The van der Waals surface area contributed by atoms with Gasteiger partial charge in [0.15, 0.2) is 0 Å². The first-order valence-electron chi connectivity index (χ1n) is 11.1. The first kappa shape index (κ1) is 23.7. The Hall–Kier alpha value is -3.40. The van der Waals surface area contributed by atoms with Gasteiger partial charge in [0, 0.05) is 25.7 Å². The van der Waals surface area contributed by atoms with Crippen LogP contribution in [-0.2, 0) is 22.3 Å². The van der Waals surface area contributed by atoms with Crippen LogP contribution in [0.1, 0.15) is 30.9 Å². The first-order valence-corrected chi connectivity index (χ1v) is 11.1. The van der Waals surface area contributed by atoms with E-state index in [0.717, 1.165) is 6.07 Å². The van der Waals surface area contributed by atoms with Crippen LogP contribution in [0.3, 0.4) is 0 Å². The van der Waals surface area contributed by atoms with Crippen molar-refractivity contribution < 1.29 is 22.8 Å². The summed E-state index contributed by atoms with van der Waals surface area (Å²) in [5.74, 6) is -0.579. The van der Waals surface area contributed by atoms with Crippen LogP contribution in [-0.4, -0.2) is 47.7 Å². The lowest BCUT2D eigenvalue weighted by Gasteiger charge is -2.34. The van der Waals surface area contributed by atoms with Gasteiger partial charge in [-0.15, -0.1) is 0 Å². The number of amidine groups is 1. The van der Waals surface area contributed by atoms with Crippen LogP contribution < -0.4 is 15.8 Å². The van der Waals surface area contributed by atoms with E-state index >= 15 is 0 Å². The van der Waals surface area contributed by atoms with E-state index in [1.807, 2.05) is 6.07 Å². The van der Waals surface area contributed by atoms with Crippen LogP contribution in [0, 0.1) is 0 Å². The largest absolute Gasteiger partial charge is 0.416 e. The normalized spacial score (nSPS) is 20.0. The molecule has 1 atom stereocenters. The Labute approximate surface area is 195 Å². The monoisotopic (exact) mass is 473 g/mol. The van der Waals surface area contributed by atoms with Crippen molar-refractivity contribution in [2.45, 2.75) is 44.6 Å². The molecule has 2 heterocycles. The maximum absolute atomic E-state index is 12.9. The number of carbonyl (C=O) groups is 2. The van der Waals surface area contributed by atoms with Crippen molar-refractivity contribution >= 4 is 23.3 Å². The molecule has 2 N–H and O–H groups in total. The van der Waals surface area contributed by atoms with E-state index in [2.05, 4.69) is 20.6 Å². The second-order valence-corrected chi connectivity index (χ2v) is 8.50. The molecule has 7 nitrogen and oxygen atoms in total. The number of hydrazine groups is 1. The number of aliphatic imine (C=N–C) groups is 1. The van der Waals surface area contributed by atoms with E-state index in [0.29, 0.717) is 43.7 Å². The molecule has 10 heteroatoms. The first-order chi connectivity index (χ1) is 16.2. The van der Waals surface area contributed by atoms with E-state index in [1.54, 1.807) is 37.3 Å². The summed E-state index contributed by atoms with van der Waals surface area (Å²) >= 11 is 0. The molecule has 1 fully saturated rings. The van der Waals surface area contributed by atoms with Crippen LogP contribution in [0.4, 0.5) is 18.9 Å². The number of hydrogen-bond donors (Lipinski definition) is 2. The van der Waals surface area contributed by atoms with Crippen molar-refractivity contribution in [3.05, 3.63) is 65.7 Å². The molecule has 2 aromatic rings. The average molecular weight is 473 g/mol. The quantitative estimate of drug-likeness (QED) is 0.700. The van der Waals surface area contributed by atoms with Gasteiger partial charge in [0.1, 0.15) is 6.04 Å². The summed E-state index contributed by atoms with van der Waals surface area (Å²) in [6.07, 6.45) is -3.04. The molecule has 34 heavy (non-hydrogen) atoms. The zero-order chi connectivity index (χ0) is 24.3. The highest BCUT2D eigenvalue weighted by atomic mass is 19.4. The molecule has 1 unspecified atom stereocenters. The zero-order valence-corrected chi connectivity index (χ0v) is 18.7. The summed E-state index contributed by atoms with van der Waals surface area (Å²) in [6, 6.07) is 13.5. The topological polar surface area (TPSA) is 77.0 Å². The predicted molar refractivity (Wildman–Crippen MR) is 122 cm³/mol. The molecule has 0 aromatic heterocycles. The molecule has 1 saturated heterocycles. The van der Waals surface area contributed by atoms with E-state index in [-0.39, 0.29) is 17.8 Å². The molecule has 2 amide bonds. The van der Waals surface area contributed by atoms with Gasteiger partial charge >= 0.3 is 6.18 Å². The number of para-hydroxylation sites is 1. The Morgan fingerprint density at radius 3 is 2.50 bits per heavy atom. The Balaban J connectivity index is 1.31. The molecular formula is C24H26F3N5O2. The van der Waals surface area contributed by atoms with Gasteiger partial charge in [0.05, 0.1) is 11.3 Å². The lowest BCUT2D eigenvalue weighted by Crippen LogP contribution is -2.59. The molecule has 0 radical (unpaired) electrons. The molecule has 4 rings (SSSR count). The lowest BCUT2D eigenvalue weighted by molar-refractivity contribution is -0.137. The number of piperidine rings is 1. The third-order valence-electron chi connectivity index (χ3n) is 5.93. The minimum atomic E-state index is -4.36. The molecule has 2 aliphatic heterocycles. The zero-order valence-electron chi connectivity index (χ0n) is 18.7. The number of likely N-dealkylation sites (tertiary alicyclic amines) is 1. The fraction of sp³-hybridized carbons (Fsp3) is 0.375. The maximum Gasteiger partial charge on any atom is 0.416 e. The van der Waals surface area contributed by atoms with Gasteiger partial charge < -0.3 is 5.32 Å². The van der Waals surface area contributed by atoms with Gasteiger partial charge in [-0.2, -0.15) is 13.2 Å². The van der Waals surface area contributed by atoms with Crippen molar-refractivity contribution in [2.24, 2.45) is 4.99 Å². The van der Waals surface area contributed by atoms with Gasteiger partial charge in [-0.1, -0.05) is 36.4 Å². The van der Waals surface area contributed by atoms with Crippen molar-refractivity contribution in [3.8, 4) is 0 Å². The smallest absolute Gasteiger partial charge is 0.347 e. The van der Waals surface area contributed by atoms with Crippen LogP contribution in [0.2, 0.25) is 0 Å². The third kappa shape index (κ3) is 5.56. The second-order valence-electron chi connectivity index (χ2n) is 8.50. The third-order valence-corrected chi connectivity index (χ3v) is 5.93. The highest BCUT2D eigenvalue weighted by Crippen LogP contribution is 2.30. The molecule has 0 aliphatic carbocycles. The molecule has 0 saturated carbocycles. The number of carbonyl (C=O) groups excluding carboxylic acids is 2. The number of alkyl halides is 3. The van der Waals surface area contributed by atoms with Crippen molar-refractivity contribution in [3.63, 3.8) is 0 Å². The number of nitrogens with one attached hydrogen (secondary N) is 2. The Bertz CT molecular complexity index is 1070. The Morgan fingerprint density at radius 1 is 1.12 bits per heavy atom. The maximum atomic E-state index is 12.9. The number of nitrogens with zero attached hydrogens (tertiary/aromatic N) is 3. The fourth-order valence-corrected chi connectivity index (χ4v) is 4.10. The predicted octanol–water partition coefficient (Wildman–Crippen LogP) is 3.12. The fourth-order valence-electron chi connectivity index (χ4n) is 4.10. The molecule has 2 aromatic carbocycles. The lowest BCUT2D eigenvalue weighted by atomic mass is 10.0. The highest BCUT2D eigenvalue weighted by molar-refractivity contribution is 6.39. The van der Waals surface area contributed by atoms with Crippen LogP contribution in [0.25, 0.3) is 0 Å². The van der Waals surface area contributed by atoms with E-state index < -0.39 is 23.7 Å². The van der Waals surface area contributed by atoms with Crippen LogP contribution in [0.15, 0.2) is 59.6 Å². The summed E-state index contributed by atoms with van der Waals surface area (Å²) < 4.78 is 38.8. The second kappa shape index (κ2) is 9.84. The average Bonchev–Trinajstić information content (AvgIpc) is 2.82. The summed E-state index contributed by atoms with van der Waals surface area (Å²) in [5, 5.41) is 4.29. The van der Waals surface area contributed by atoms with Crippen LogP contribution in [0.5, 0.6) is 0 Å². The summed E-state index contributed by atoms with van der Waals surface area (Å²) in [7, 11) is 0. The Morgan fingerprint density at radius 2 is 1.82 bits per heavy atom. The molecule has 2 aliphatic rings. The van der Waals surface area contributed by atoms with E-state index in [1.165, 1.54) is 17.1 Å². The molecule has 0 bridgehead atoms. The summed E-state index contributed by atoms with van der Waals surface area (Å²) in [4.78, 5) is 31.6. The summed E-state index contributed by atoms with van der Waals surface area (Å²) in [5.41, 5.74) is 3.39. The van der Waals surface area contributed by atoms with E-state index in [9.17, 15) is 22.8 Å². The number of halogens is 3.